The van der Waals surface area contributed by atoms with E-state index < -0.39 is 0 Å². The van der Waals surface area contributed by atoms with E-state index in [0.717, 1.165) is 0 Å². The molecule has 0 amide bonds. The van der Waals surface area contributed by atoms with Gasteiger partial charge in [-0.3, -0.25) is 0 Å². The number of aromatic nitrogens is 2. The molecule has 1 aromatic rings. The van der Waals surface area contributed by atoms with E-state index in [1.54, 1.807) is 6.20 Å². The van der Waals surface area contributed by atoms with Gasteiger partial charge in [-0.15, -0.1) is 0 Å². The Morgan fingerprint density at radius 2 is 2.12 bits per heavy atom. The second-order valence-corrected chi connectivity index (χ2v) is 3.68. The smallest absolute Gasteiger partial charge is 0.183 e. The van der Waals surface area contributed by atoms with Gasteiger partial charge in [-0.05, 0) is 13.8 Å². The molecule has 0 aliphatic heterocycles. The molecule has 0 aromatic carbocycles. The number of hydrogen-bond donors (Lipinski definition) is 0. The van der Waals surface area contributed by atoms with Gasteiger partial charge in [0, 0.05) is 26.0 Å². The minimum absolute atomic E-state index is 0.214. The van der Waals surface area contributed by atoms with Crippen LogP contribution in [0, 0.1) is 11.3 Å². The molecule has 0 saturated heterocycles. The van der Waals surface area contributed by atoms with Gasteiger partial charge in [0.05, 0.1) is 12.7 Å². The molecule has 86 valence electrons. The lowest BCUT2D eigenvalue weighted by atomic mass is 10.4. The van der Waals surface area contributed by atoms with Crippen molar-refractivity contribution in [3.63, 3.8) is 0 Å². The molecule has 5 nitrogen and oxygen atoms in total. The first-order chi connectivity index (χ1) is 7.65. The van der Waals surface area contributed by atoms with E-state index in [4.69, 9.17) is 10.00 Å². The fraction of sp³-hybridized carbons (Fsp3) is 0.545. The molecule has 0 aliphatic rings. The molecule has 0 N–H and O–H groups in total. The van der Waals surface area contributed by atoms with E-state index in [-0.39, 0.29) is 6.10 Å². The van der Waals surface area contributed by atoms with Gasteiger partial charge in [-0.1, -0.05) is 0 Å². The Labute approximate surface area is 95.7 Å². The number of ether oxygens (including phenoxy) is 1. The first-order valence-corrected chi connectivity index (χ1v) is 5.19. The molecule has 0 atom stereocenters. The molecular weight excluding hydrogens is 204 g/mol. The Kier molecular flexibility index (Phi) is 4.67. The molecule has 1 aromatic heterocycles. The van der Waals surface area contributed by atoms with Crippen LogP contribution in [0.3, 0.4) is 0 Å². The topological polar surface area (TPSA) is 62.0 Å². The minimum Gasteiger partial charge on any atom is -0.377 e. The number of nitriles is 1. The van der Waals surface area contributed by atoms with Gasteiger partial charge < -0.3 is 9.64 Å². The summed E-state index contributed by atoms with van der Waals surface area (Å²) in [7, 11) is 1.87. The normalized spacial score (nSPS) is 10.2. The van der Waals surface area contributed by atoms with Crippen LogP contribution in [0.25, 0.3) is 0 Å². The second-order valence-electron chi connectivity index (χ2n) is 3.68. The van der Waals surface area contributed by atoms with Crippen LogP contribution in [0.2, 0.25) is 0 Å². The number of anilines is 1. The Bertz CT molecular complexity index is 372. The number of rotatable bonds is 5. The van der Waals surface area contributed by atoms with Crippen molar-refractivity contribution < 1.29 is 4.74 Å². The van der Waals surface area contributed by atoms with Gasteiger partial charge in [0.25, 0.3) is 0 Å². The monoisotopic (exact) mass is 220 g/mol. The van der Waals surface area contributed by atoms with Crippen molar-refractivity contribution in [2.75, 3.05) is 25.1 Å². The van der Waals surface area contributed by atoms with E-state index in [9.17, 15) is 0 Å². The summed E-state index contributed by atoms with van der Waals surface area (Å²) in [6.45, 7) is 5.27. The van der Waals surface area contributed by atoms with Gasteiger partial charge in [0.15, 0.2) is 11.5 Å². The zero-order valence-electron chi connectivity index (χ0n) is 9.84. The molecule has 0 radical (unpaired) electrons. The molecule has 1 heterocycles. The molecule has 1 rings (SSSR count). The first kappa shape index (κ1) is 12.4. The fourth-order valence-electron chi connectivity index (χ4n) is 1.22. The van der Waals surface area contributed by atoms with Gasteiger partial charge >= 0.3 is 0 Å². The first-order valence-electron chi connectivity index (χ1n) is 5.19. The zero-order chi connectivity index (χ0) is 12.0. The maximum absolute atomic E-state index is 8.87. The third-order valence-corrected chi connectivity index (χ3v) is 2.02. The molecule has 0 aliphatic carbocycles. The summed E-state index contributed by atoms with van der Waals surface area (Å²) in [4.78, 5) is 9.96. The third-order valence-electron chi connectivity index (χ3n) is 2.02. The van der Waals surface area contributed by atoms with E-state index in [0.29, 0.717) is 24.7 Å². The van der Waals surface area contributed by atoms with E-state index in [1.165, 1.54) is 6.20 Å². The van der Waals surface area contributed by atoms with Crippen LogP contribution < -0.4 is 4.90 Å². The zero-order valence-corrected chi connectivity index (χ0v) is 9.84. The van der Waals surface area contributed by atoms with Crippen molar-refractivity contribution in [2.45, 2.75) is 20.0 Å². The van der Waals surface area contributed by atoms with Gasteiger partial charge in [-0.2, -0.15) is 5.26 Å². The maximum Gasteiger partial charge on any atom is 0.183 e. The van der Waals surface area contributed by atoms with E-state index >= 15 is 0 Å². The van der Waals surface area contributed by atoms with Crippen LogP contribution in [0.15, 0.2) is 12.4 Å². The predicted molar refractivity (Wildman–Crippen MR) is 61.1 cm³/mol. The molecule has 0 spiro atoms. The summed E-state index contributed by atoms with van der Waals surface area (Å²) in [6, 6.07) is 2.02. The van der Waals surface area contributed by atoms with Gasteiger partial charge in [-0.25, -0.2) is 9.97 Å². The number of hydrogen-bond acceptors (Lipinski definition) is 5. The highest BCUT2D eigenvalue weighted by Crippen LogP contribution is 2.11. The van der Waals surface area contributed by atoms with Crippen molar-refractivity contribution >= 4 is 5.82 Å². The average Bonchev–Trinajstić information content (AvgIpc) is 2.28. The van der Waals surface area contributed by atoms with Crippen LogP contribution in [0.4, 0.5) is 5.82 Å². The highest BCUT2D eigenvalue weighted by molar-refractivity contribution is 5.48. The summed E-state index contributed by atoms with van der Waals surface area (Å²) < 4.78 is 5.43. The van der Waals surface area contributed by atoms with Crippen LogP contribution in [0.1, 0.15) is 19.5 Å². The van der Waals surface area contributed by atoms with Crippen molar-refractivity contribution in [1.29, 1.82) is 5.26 Å². The maximum atomic E-state index is 8.87. The second kappa shape index (κ2) is 6.03. The van der Waals surface area contributed by atoms with Crippen LogP contribution >= 0.6 is 0 Å². The summed E-state index contributed by atoms with van der Waals surface area (Å²) in [5.41, 5.74) is 0.342. The largest absolute Gasteiger partial charge is 0.377 e. The van der Waals surface area contributed by atoms with Gasteiger partial charge in [0.1, 0.15) is 6.07 Å². The van der Waals surface area contributed by atoms with Crippen LogP contribution in [-0.2, 0) is 4.74 Å². The Morgan fingerprint density at radius 1 is 1.44 bits per heavy atom. The molecule has 0 bridgehead atoms. The lowest BCUT2D eigenvalue weighted by Gasteiger charge is -2.19. The Hall–Kier alpha value is -1.67. The minimum atomic E-state index is 0.214. The molecule has 0 fully saturated rings. The summed E-state index contributed by atoms with van der Waals surface area (Å²) in [5.74, 6) is 0.595. The fourth-order valence-corrected chi connectivity index (χ4v) is 1.22. The lowest BCUT2D eigenvalue weighted by Crippen LogP contribution is -2.25. The Balaban J connectivity index is 2.59. The van der Waals surface area contributed by atoms with Crippen molar-refractivity contribution in [3.8, 4) is 6.07 Å². The van der Waals surface area contributed by atoms with Crippen LogP contribution in [0.5, 0.6) is 0 Å². The SMILES string of the molecule is CC(C)OCCN(C)c1nccnc1C#N. The standard InChI is InChI=1S/C11H16N4O/c1-9(2)16-7-6-15(3)11-10(8-12)13-4-5-14-11/h4-5,9H,6-7H2,1-3H3. The molecular formula is C11H16N4O. The molecule has 0 saturated carbocycles. The Morgan fingerprint density at radius 3 is 2.75 bits per heavy atom. The molecule has 5 heteroatoms. The summed E-state index contributed by atoms with van der Waals surface area (Å²) in [6.07, 6.45) is 3.31. The highest BCUT2D eigenvalue weighted by Gasteiger charge is 2.09. The van der Waals surface area contributed by atoms with Crippen molar-refractivity contribution in [3.05, 3.63) is 18.1 Å². The van der Waals surface area contributed by atoms with Gasteiger partial charge in [0.2, 0.25) is 0 Å². The quantitative estimate of drug-likeness (QED) is 0.746. The number of nitrogens with zero attached hydrogens (tertiary/aromatic N) is 4. The van der Waals surface area contributed by atoms with Crippen molar-refractivity contribution in [2.24, 2.45) is 0 Å². The van der Waals surface area contributed by atoms with E-state index in [1.807, 2.05) is 31.9 Å². The summed E-state index contributed by atoms with van der Waals surface area (Å²) >= 11 is 0. The predicted octanol–water partition coefficient (Wildman–Crippen LogP) is 1.21. The molecule has 0 unspecified atom stereocenters. The van der Waals surface area contributed by atoms with Crippen LogP contribution in [-0.4, -0.2) is 36.3 Å². The molecule has 16 heavy (non-hydrogen) atoms. The average molecular weight is 220 g/mol. The summed E-state index contributed by atoms with van der Waals surface area (Å²) in [5, 5.41) is 8.87. The number of likely N-dealkylation sites (N-methyl/N-ethyl adjacent to an activating group) is 1. The third kappa shape index (κ3) is 3.48. The van der Waals surface area contributed by atoms with Crippen molar-refractivity contribution in [1.82, 2.24) is 9.97 Å². The highest BCUT2D eigenvalue weighted by atomic mass is 16.5. The lowest BCUT2D eigenvalue weighted by molar-refractivity contribution is 0.0845. The van der Waals surface area contributed by atoms with E-state index in [2.05, 4.69) is 9.97 Å².